The first kappa shape index (κ1) is 18.4. The minimum absolute atomic E-state index is 0.178. The maximum atomic E-state index is 11.4. The van der Waals surface area contributed by atoms with Crippen molar-refractivity contribution >= 4 is 5.97 Å². The SMILES string of the molecule is CC1(c2ccn[nH]2)CCN(Cc2ccc(-c3ccccc3C(=O)O)cc2)CC1. The van der Waals surface area contributed by atoms with E-state index >= 15 is 0 Å². The fraction of sp³-hybridized carbons (Fsp3) is 0.304. The smallest absolute Gasteiger partial charge is 0.336 e. The largest absolute Gasteiger partial charge is 0.478 e. The number of aromatic amines is 1. The zero-order chi connectivity index (χ0) is 19.6. The maximum absolute atomic E-state index is 11.4. The van der Waals surface area contributed by atoms with E-state index in [9.17, 15) is 9.90 Å². The number of aromatic carboxylic acids is 1. The monoisotopic (exact) mass is 375 g/mol. The van der Waals surface area contributed by atoms with Crippen molar-refractivity contribution in [1.82, 2.24) is 15.1 Å². The molecular weight excluding hydrogens is 350 g/mol. The van der Waals surface area contributed by atoms with Crippen LogP contribution in [0.5, 0.6) is 0 Å². The Morgan fingerprint density at radius 3 is 2.46 bits per heavy atom. The van der Waals surface area contributed by atoms with Crippen molar-refractivity contribution in [2.24, 2.45) is 0 Å². The van der Waals surface area contributed by atoms with Gasteiger partial charge in [0, 0.05) is 23.9 Å². The van der Waals surface area contributed by atoms with Gasteiger partial charge in [0.15, 0.2) is 0 Å². The number of carboxylic acids is 1. The quantitative estimate of drug-likeness (QED) is 0.696. The molecule has 3 aromatic rings. The Morgan fingerprint density at radius 1 is 1.11 bits per heavy atom. The average molecular weight is 375 g/mol. The van der Waals surface area contributed by atoms with Crippen molar-refractivity contribution < 1.29 is 9.90 Å². The molecule has 1 aliphatic heterocycles. The highest BCUT2D eigenvalue weighted by molar-refractivity contribution is 5.95. The summed E-state index contributed by atoms with van der Waals surface area (Å²) in [6, 6.07) is 17.5. The predicted molar refractivity (Wildman–Crippen MR) is 109 cm³/mol. The molecule has 2 heterocycles. The summed E-state index contributed by atoms with van der Waals surface area (Å²) in [6.07, 6.45) is 4.05. The summed E-state index contributed by atoms with van der Waals surface area (Å²) < 4.78 is 0. The van der Waals surface area contributed by atoms with Gasteiger partial charge in [-0.2, -0.15) is 5.10 Å². The van der Waals surface area contributed by atoms with Gasteiger partial charge in [0.05, 0.1) is 5.56 Å². The van der Waals surface area contributed by atoms with Gasteiger partial charge in [-0.3, -0.25) is 10.00 Å². The summed E-state index contributed by atoms with van der Waals surface area (Å²) in [5.41, 5.74) is 4.69. The number of H-pyrrole nitrogens is 1. The van der Waals surface area contributed by atoms with Crippen LogP contribution >= 0.6 is 0 Å². The molecule has 2 aromatic carbocycles. The molecule has 1 aliphatic rings. The van der Waals surface area contributed by atoms with Crippen molar-refractivity contribution in [2.75, 3.05) is 13.1 Å². The van der Waals surface area contributed by atoms with E-state index in [4.69, 9.17) is 0 Å². The van der Waals surface area contributed by atoms with Gasteiger partial charge in [0.25, 0.3) is 0 Å². The number of rotatable bonds is 5. The zero-order valence-electron chi connectivity index (χ0n) is 16.1. The van der Waals surface area contributed by atoms with E-state index in [1.165, 1.54) is 11.3 Å². The van der Waals surface area contributed by atoms with Gasteiger partial charge >= 0.3 is 5.97 Å². The van der Waals surface area contributed by atoms with E-state index in [2.05, 4.69) is 40.2 Å². The Kier molecular flexibility index (Phi) is 5.01. The molecule has 0 bridgehead atoms. The van der Waals surface area contributed by atoms with Crippen LogP contribution < -0.4 is 0 Å². The first-order valence-electron chi connectivity index (χ1n) is 9.69. The first-order chi connectivity index (χ1) is 13.5. The number of benzene rings is 2. The summed E-state index contributed by atoms with van der Waals surface area (Å²) in [5.74, 6) is -0.895. The average Bonchev–Trinajstić information content (AvgIpc) is 3.26. The van der Waals surface area contributed by atoms with Gasteiger partial charge in [-0.05, 0) is 54.8 Å². The molecule has 2 N–H and O–H groups in total. The van der Waals surface area contributed by atoms with E-state index in [-0.39, 0.29) is 5.41 Å². The van der Waals surface area contributed by atoms with Crippen LogP contribution in [0.4, 0.5) is 0 Å². The number of aromatic nitrogens is 2. The van der Waals surface area contributed by atoms with Gasteiger partial charge < -0.3 is 5.11 Å². The fourth-order valence-electron chi connectivity index (χ4n) is 4.04. The van der Waals surface area contributed by atoms with Crippen LogP contribution in [0, 0.1) is 0 Å². The molecule has 0 unspecified atom stereocenters. The van der Waals surface area contributed by atoms with Gasteiger partial charge in [0.1, 0.15) is 0 Å². The summed E-state index contributed by atoms with van der Waals surface area (Å²) >= 11 is 0. The normalized spacial score (nSPS) is 16.8. The minimum atomic E-state index is -0.895. The third kappa shape index (κ3) is 3.71. The van der Waals surface area contributed by atoms with Gasteiger partial charge in [0.2, 0.25) is 0 Å². The summed E-state index contributed by atoms with van der Waals surface area (Å²) in [4.78, 5) is 13.9. The number of hydrogen-bond acceptors (Lipinski definition) is 3. The van der Waals surface area contributed by atoms with Crippen LogP contribution in [0.1, 0.15) is 41.4 Å². The van der Waals surface area contributed by atoms with Gasteiger partial charge in [-0.25, -0.2) is 4.79 Å². The van der Waals surface area contributed by atoms with Crippen LogP contribution in [-0.2, 0) is 12.0 Å². The molecule has 0 atom stereocenters. The highest BCUT2D eigenvalue weighted by Crippen LogP contribution is 2.34. The lowest BCUT2D eigenvalue weighted by molar-refractivity contribution is 0.0697. The Morgan fingerprint density at radius 2 is 1.82 bits per heavy atom. The fourth-order valence-corrected chi connectivity index (χ4v) is 4.04. The van der Waals surface area contributed by atoms with Gasteiger partial charge in [-0.15, -0.1) is 0 Å². The van der Waals surface area contributed by atoms with E-state index in [0.717, 1.165) is 43.6 Å². The lowest BCUT2D eigenvalue weighted by Gasteiger charge is -2.38. The Bertz CT molecular complexity index is 940. The molecule has 0 amide bonds. The van der Waals surface area contributed by atoms with Crippen molar-refractivity contribution in [1.29, 1.82) is 0 Å². The molecule has 0 spiro atoms. The summed E-state index contributed by atoms with van der Waals surface area (Å²) in [5, 5.41) is 16.6. The van der Waals surface area contributed by atoms with Gasteiger partial charge in [-0.1, -0.05) is 49.4 Å². The highest BCUT2D eigenvalue weighted by Gasteiger charge is 2.32. The zero-order valence-corrected chi connectivity index (χ0v) is 16.1. The number of carboxylic acid groups (broad SMARTS) is 1. The predicted octanol–water partition coefficient (Wildman–Crippen LogP) is 4.33. The number of nitrogens with one attached hydrogen (secondary N) is 1. The second-order valence-corrected chi connectivity index (χ2v) is 7.85. The maximum Gasteiger partial charge on any atom is 0.336 e. The highest BCUT2D eigenvalue weighted by atomic mass is 16.4. The molecule has 4 rings (SSSR count). The van der Waals surface area contributed by atoms with Crippen molar-refractivity contribution in [3.05, 3.63) is 77.6 Å². The van der Waals surface area contributed by atoms with Crippen molar-refractivity contribution in [2.45, 2.75) is 31.7 Å². The standard InChI is InChI=1S/C23H25N3O2/c1-23(21-10-13-24-25-21)11-14-26(15-12-23)16-17-6-8-18(9-7-17)19-4-2-3-5-20(19)22(27)28/h2-10,13H,11-12,14-16H2,1H3,(H,24,25)(H,27,28). The molecule has 1 saturated heterocycles. The van der Waals surface area contributed by atoms with E-state index in [0.29, 0.717) is 5.56 Å². The first-order valence-corrected chi connectivity index (χ1v) is 9.69. The minimum Gasteiger partial charge on any atom is -0.478 e. The molecule has 28 heavy (non-hydrogen) atoms. The van der Waals surface area contributed by atoms with Crippen LogP contribution in [0.3, 0.4) is 0 Å². The Hall–Kier alpha value is -2.92. The van der Waals surface area contributed by atoms with E-state index in [1.54, 1.807) is 12.1 Å². The summed E-state index contributed by atoms with van der Waals surface area (Å²) in [6.45, 7) is 5.34. The van der Waals surface area contributed by atoms with Crippen LogP contribution in [0.2, 0.25) is 0 Å². The third-order valence-corrected chi connectivity index (χ3v) is 5.94. The Labute approximate surface area is 165 Å². The second-order valence-electron chi connectivity index (χ2n) is 7.85. The Balaban J connectivity index is 1.42. The number of likely N-dealkylation sites (tertiary alicyclic amines) is 1. The third-order valence-electron chi connectivity index (χ3n) is 5.94. The van der Waals surface area contributed by atoms with Crippen LogP contribution in [0.25, 0.3) is 11.1 Å². The molecule has 5 nitrogen and oxygen atoms in total. The lowest BCUT2D eigenvalue weighted by atomic mass is 9.77. The molecule has 0 aliphatic carbocycles. The molecule has 1 aromatic heterocycles. The summed E-state index contributed by atoms with van der Waals surface area (Å²) in [7, 11) is 0. The number of hydrogen-bond donors (Lipinski definition) is 2. The molecule has 144 valence electrons. The molecule has 1 fully saturated rings. The number of piperidine rings is 1. The molecule has 5 heteroatoms. The second kappa shape index (κ2) is 7.60. The molecule has 0 saturated carbocycles. The van der Waals surface area contributed by atoms with Crippen LogP contribution in [0.15, 0.2) is 60.8 Å². The van der Waals surface area contributed by atoms with Crippen molar-refractivity contribution in [3.8, 4) is 11.1 Å². The number of carbonyl (C=O) groups is 1. The topological polar surface area (TPSA) is 69.2 Å². The van der Waals surface area contributed by atoms with Crippen LogP contribution in [-0.4, -0.2) is 39.3 Å². The van der Waals surface area contributed by atoms with E-state index in [1.807, 2.05) is 30.5 Å². The van der Waals surface area contributed by atoms with Crippen molar-refractivity contribution in [3.63, 3.8) is 0 Å². The molecular formula is C23H25N3O2. The molecule has 0 radical (unpaired) electrons. The van der Waals surface area contributed by atoms with E-state index < -0.39 is 5.97 Å². The number of nitrogens with zero attached hydrogens (tertiary/aromatic N) is 2. The lowest BCUT2D eigenvalue weighted by Crippen LogP contribution is -2.40.